The van der Waals surface area contributed by atoms with Crippen LogP contribution in [0.4, 0.5) is 0 Å². The summed E-state index contributed by atoms with van der Waals surface area (Å²) in [7, 11) is 1.61. The summed E-state index contributed by atoms with van der Waals surface area (Å²) in [4.78, 5) is 10.8. The Morgan fingerprint density at radius 1 is 1.64 bits per heavy atom. The Hall–Kier alpha value is -0.610. The fourth-order valence-electron chi connectivity index (χ4n) is 0.822. The van der Waals surface area contributed by atoms with E-state index in [4.69, 9.17) is 11.5 Å². The standard InChI is InChI=1S/C7H17N3O/c1-10-7(11)5-6(9)3-2-4-8/h6H,2-5,8-9H2,1H3,(H,10,11)/t6-/m0/s1. The number of carbonyl (C=O) groups is 1. The molecule has 4 nitrogen and oxygen atoms in total. The van der Waals surface area contributed by atoms with Gasteiger partial charge in [-0.3, -0.25) is 4.79 Å². The molecule has 0 saturated heterocycles. The number of hydrogen-bond acceptors (Lipinski definition) is 3. The minimum atomic E-state index is -0.0431. The normalized spacial score (nSPS) is 12.6. The second-order valence-electron chi connectivity index (χ2n) is 2.57. The Balaban J connectivity index is 3.35. The maximum atomic E-state index is 10.8. The zero-order valence-electron chi connectivity index (χ0n) is 6.97. The predicted octanol–water partition coefficient (Wildman–Crippen LogP) is -0.811. The molecule has 0 unspecified atom stereocenters. The van der Waals surface area contributed by atoms with E-state index in [2.05, 4.69) is 5.32 Å². The van der Waals surface area contributed by atoms with Crippen LogP contribution in [0.2, 0.25) is 0 Å². The summed E-state index contributed by atoms with van der Waals surface area (Å²) in [6.07, 6.45) is 2.11. The van der Waals surface area contributed by atoms with Crippen molar-refractivity contribution in [3.63, 3.8) is 0 Å². The van der Waals surface area contributed by atoms with Gasteiger partial charge in [0.1, 0.15) is 0 Å². The zero-order valence-corrected chi connectivity index (χ0v) is 6.97. The highest BCUT2D eigenvalue weighted by atomic mass is 16.1. The molecule has 0 aromatic rings. The van der Waals surface area contributed by atoms with E-state index in [1.807, 2.05) is 0 Å². The van der Waals surface area contributed by atoms with E-state index in [1.54, 1.807) is 7.05 Å². The van der Waals surface area contributed by atoms with Crippen LogP contribution in [0.25, 0.3) is 0 Å². The van der Waals surface area contributed by atoms with Crippen LogP contribution in [-0.2, 0) is 4.79 Å². The average molecular weight is 159 g/mol. The Bertz CT molecular complexity index is 116. The van der Waals surface area contributed by atoms with Crippen molar-refractivity contribution in [2.24, 2.45) is 11.5 Å². The van der Waals surface area contributed by atoms with E-state index in [9.17, 15) is 4.79 Å². The molecule has 0 aliphatic heterocycles. The number of carbonyl (C=O) groups excluding carboxylic acids is 1. The summed E-state index contributed by atoms with van der Waals surface area (Å²) < 4.78 is 0. The molecule has 0 bridgehead atoms. The molecule has 0 rings (SSSR count). The zero-order chi connectivity index (χ0) is 8.69. The van der Waals surface area contributed by atoms with E-state index < -0.39 is 0 Å². The van der Waals surface area contributed by atoms with Crippen LogP contribution in [0, 0.1) is 0 Å². The number of amides is 1. The van der Waals surface area contributed by atoms with Gasteiger partial charge in [0.15, 0.2) is 0 Å². The lowest BCUT2D eigenvalue weighted by Crippen LogP contribution is -2.29. The number of hydrogen-bond donors (Lipinski definition) is 3. The van der Waals surface area contributed by atoms with Crippen molar-refractivity contribution in [3.8, 4) is 0 Å². The first-order valence-electron chi connectivity index (χ1n) is 3.87. The quantitative estimate of drug-likeness (QED) is 0.490. The van der Waals surface area contributed by atoms with E-state index in [0.717, 1.165) is 12.8 Å². The Morgan fingerprint density at radius 3 is 2.73 bits per heavy atom. The number of nitrogens with two attached hydrogens (primary N) is 2. The molecule has 0 heterocycles. The van der Waals surface area contributed by atoms with E-state index >= 15 is 0 Å². The van der Waals surface area contributed by atoms with Crippen molar-refractivity contribution < 1.29 is 4.79 Å². The molecular formula is C7H17N3O. The number of nitrogens with one attached hydrogen (secondary N) is 1. The molecule has 0 fully saturated rings. The van der Waals surface area contributed by atoms with E-state index in [0.29, 0.717) is 13.0 Å². The monoisotopic (exact) mass is 159 g/mol. The molecule has 0 spiro atoms. The molecule has 1 atom stereocenters. The smallest absolute Gasteiger partial charge is 0.221 e. The minimum absolute atomic E-state index is 0.00507. The Labute approximate surface area is 67.3 Å². The third-order valence-electron chi connectivity index (χ3n) is 1.51. The highest BCUT2D eigenvalue weighted by molar-refractivity contribution is 5.76. The minimum Gasteiger partial charge on any atom is -0.359 e. The topological polar surface area (TPSA) is 81.1 Å². The van der Waals surface area contributed by atoms with Crippen LogP contribution in [0.5, 0.6) is 0 Å². The molecule has 0 aromatic heterocycles. The Morgan fingerprint density at radius 2 is 2.27 bits per heavy atom. The molecule has 0 aliphatic rings. The lowest BCUT2D eigenvalue weighted by Gasteiger charge is -2.08. The fourth-order valence-corrected chi connectivity index (χ4v) is 0.822. The van der Waals surface area contributed by atoms with Gasteiger partial charge in [-0.2, -0.15) is 0 Å². The van der Waals surface area contributed by atoms with Gasteiger partial charge in [0.05, 0.1) is 0 Å². The first-order chi connectivity index (χ1) is 5.20. The maximum Gasteiger partial charge on any atom is 0.221 e. The van der Waals surface area contributed by atoms with Gasteiger partial charge in [0, 0.05) is 19.5 Å². The van der Waals surface area contributed by atoms with Crippen molar-refractivity contribution in [1.29, 1.82) is 0 Å². The third kappa shape index (κ3) is 5.82. The van der Waals surface area contributed by atoms with Crippen molar-refractivity contribution in [3.05, 3.63) is 0 Å². The van der Waals surface area contributed by atoms with Crippen molar-refractivity contribution in [1.82, 2.24) is 5.32 Å². The first kappa shape index (κ1) is 10.4. The summed E-state index contributed by atoms with van der Waals surface area (Å²) in [6, 6.07) is -0.0431. The van der Waals surface area contributed by atoms with Gasteiger partial charge < -0.3 is 16.8 Å². The molecule has 0 aliphatic carbocycles. The average Bonchev–Trinajstić information content (AvgIpc) is 2.00. The second-order valence-corrected chi connectivity index (χ2v) is 2.57. The van der Waals surface area contributed by atoms with Gasteiger partial charge in [0.25, 0.3) is 0 Å². The van der Waals surface area contributed by atoms with Crippen LogP contribution in [0.15, 0.2) is 0 Å². The van der Waals surface area contributed by atoms with Crippen LogP contribution >= 0.6 is 0 Å². The van der Waals surface area contributed by atoms with Crippen LogP contribution in [-0.4, -0.2) is 25.5 Å². The molecule has 0 saturated carbocycles. The predicted molar refractivity (Wildman–Crippen MR) is 44.9 cm³/mol. The molecule has 4 heteroatoms. The molecule has 0 aromatic carbocycles. The first-order valence-corrected chi connectivity index (χ1v) is 3.87. The second kappa shape index (κ2) is 6.12. The van der Waals surface area contributed by atoms with Gasteiger partial charge in [-0.1, -0.05) is 0 Å². The lowest BCUT2D eigenvalue weighted by molar-refractivity contribution is -0.120. The summed E-state index contributed by atoms with van der Waals surface area (Å²) in [6.45, 7) is 0.640. The van der Waals surface area contributed by atoms with E-state index in [-0.39, 0.29) is 11.9 Å². The van der Waals surface area contributed by atoms with Gasteiger partial charge in [-0.15, -0.1) is 0 Å². The summed E-state index contributed by atoms with van der Waals surface area (Å²) >= 11 is 0. The molecule has 0 radical (unpaired) electrons. The van der Waals surface area contributed by atoms with Crippen molar-refractivity contribution in [2.75, 3.05) is 13.6 Å². The lowest BCUT2D eigenvalue weighted by atomic mass is 10.1. The third-order valence-corrected chi connectivity index (χ3v) is 1.51. The highest BCUT2D eigenvalue weighted by Crippen LogP contribution is 1.96. The van der Waals surface area contributed by atoms with Gasteiger partial charge in [-0.25, -0.2) is 0 Å². The number of rotatable bonds is 5. The van der Waals surface area contributed by atoms with Crippen LogP contribution in [0.3, 0.4) is 0 Å². The van der Waals surface area contributed by atoms with Gasteiger partial charge >= 0.3 is 0 Å². The van der Waals surface area contributed by atoms with Crippen molar-refractivity contribution in [2.45, 2.75) is 25.3 Å². The SMILES string of the molecule is CNC(=O)C[C@@H](N)CCCN. The summed E-state index contributed by atoms with van der Waals surface area (Å²) in [5.41, 5.74) is 10.9. The van der Waals surface area contributed by atoms with Gasteiger partial charge in [-0.05, 0) is 19.4 Å². The molecular weight excluding hydrogens is 142 g/mol. The van der Waals surface area contributed by atoms with Crippen LogP contribution < -0.4 is 16.8 Å². The fraction of sp³-hybridized carbons (Fsp3) is 0.857. The van der Waals surface area contributed by atoms with Crippen molar-refractivity contribution >= 4 is 5.91 Å². The summed E-state index contributed by atoms with van der Waals surface area (Å²) in [5, 5.41) is 2.52. The maximum absolute atomic E-state index is 10.8. The van der Waals surface area contributed by atoms with E-state index in [1.165, 1.54) is 0 Å². The summed E-state index contributed by atoms with van der Waals surface area (Å²) in [5.74, 6) is -0.00507. The highest BCUT2D eigenvalue weighted by Gasteiger charge is 2.06. The molecule has 66 valence electrons. The molecule has 11 heavy (non-hydrogen) atoms. The molecule has 5 N–H and O–H groups in total. The van der Waals surface area contributed by atoms with Gasteiger partial charge in [0.2, 0.25) is 5.91 Å². The molecule has 1 amide bonds. The Kier molecular flexibility index (Phi) is 5.78. The van der Waals surface area contributed by atoms with Crippen LogP contribution in [0.1, 0.15) is 19.3 Å². The largest absolute Gasteiger partial charge is 0.359 e.